The van der Waals surface area contributed by atoms with E-state index in [1.54, 1.807) is 6.07 Å². The van der Waals surface area contributed by atoms with Gasteiger partial charge >= 0.3 is 0 Å². The molecule has 1 amide bonds. The molecule has 1 fully saturated rings. The molecular weight excluding hydrogens is 402 g/mol. The van der Waals surface area contributed by atoms with Gasteiger partial charge in [0.15, 0.2) is 0 Å². The first kappa shape index (κ1) is 18.3. The van der Waals surface area contributed by atoms with Gasteiger partial charge < -0.3 is 15.0 Å². The minimum absolute atomic E-state index is 0.102. The third kappa shape index (κ3) is 4.39. The first-order chi connectivity index (χ1) is 12.5. The number of halogens is 1. The summed E-state index contributed by atoms with van der Waals surface area (Å²) in [6.07, 6.45) is 0. The Morgan fingerprint density at radius 3 is 2.69 bits per heavy atom. The summed E-state index contributed by atoms with van der Waals surface area (Å²) < 4.78 is 6.27. The Labute approximate surface area is 159 Å². The quantitative estimate of drug-likeness (QED) is 0.594. The second-order valence-corrected chi connectivity index (χ2v) is 6.79. The Bertz CT molecular complexity index is 822. The Morgan fingerprint density at radius 1 is 1.23 bits per heavy atom. The van der Waals surface area contributed by atoms with E-state index < -0.39 is 4.92 Å². The number of non-ortho nitro benzene ring substituents is 1. The fourth-order valence-electron chi connectivity index (χ4n) is 2.82. The van der Waals surface area contributed by atoms with Gasteiger partial charge in [-0.15, -0.1) is 0 Å². The molecule has 2 aromatic rings. The van der Waals surface area contributed by atoms with Crippen LogP contribution in [0.4, 0.5) is 11.4 Å². The van der Waals surface area contributed by atoms with Crippen LogP contribution in [0.25, 0.3) is 0 Å². The summed E-state index contributed by atoms with van der Waals surface area (Å²) in [5.41, 5.74) is 1.82. The molecule has 0 unspecified atom stereocenters. The van der Waals surface area contributed by atoms with Crippen molar-refractivity contribution in [1.82, 2.24) is 5.32 Å². The summed E-state index contributed by atoms with van der Waals surface area (Å²) in [6.45, 7) is 2.75. The van der Waals surface area contributed by atoms with Gasteiger partial charge in [-0.2, -0.15) is 0 Å². The number of nitro groups is 1. The lowest BCUT2D eigenvalue weighted by atomic mass is 10.1. The van der Waals surface area contributed by atoms with Gasteiger partial charge in [0.05, 0.1) is 29.4 Å². The maximum Gasteiger partial charge on any atom is 0.270 e. The molecule has 0 bridgehead atoms. The van der Waals surface area contributed by atoms with Crippen molar-refractivity contribution in [2.24, 2.45) is 0 Å². The van der Waals surface area contributed by atoms with Crippen molar-refractivity contribution in [3.05, 3.63) is 68.2 Å². The smallest absolute Gasteiger partial charge is 0.270 e. The number of amides is 1. The average molecular weight is 420 g/mol. The van der Waals surface area contributed by atoms with Gasteiger partial charge in [0, 0.05) is 36.2 Å². The van der Waals surface area contributed by atoms with E-state index in [2.05, 4.69) is 21.2 Å². The molecule has 8 heteroatoms. The number of carbonyl (C=O) groups excluding carboxylic acids is 1. The molecule has 0 radical (unpaired) electrons. The van der Waals surface area contributed by atoms with Crippen LogP contribution < -0.4 is 10.2 Å². The predicted octanol–water partition coefficient (Wildman–Crippen LogP) is 3.12. The second kappa shape index (κ2) is 8.29. The molecule has 0 saturated carbocycles. The number of rotatable bonds is 5. The highest BCUT2D eigenvalue weighted by Gasteiger charge is 2.22. The summed E-state index contributed by atoms with van der Waals surface area (Å²) in [7, 11) is 0. The monoisotopic (exact) mass is 419 g/mol. The number of hydrogen-bond donors (Lipinski definition) is 1. The highest BCUT2D eigenvalue weighted by atomic mass is 79.9. The number of morpholine rings is 1. The van der Waals surface area contributed by atoms with Crippen LogP contribution in [0.1, 0.15) is 15.9 Å². The van der Waals surface area contributed by atoms with Crippen LogP contribution in [0, 0.1) is 10.1 Å². The van der Waals surface area contributed by atoms with Crippen molar-refractivity contribution in [3.63, 3.8) is 0 Å². The fourth-order valence-corrected chi connectivity index (χ4v) is 3.27. The number of nitrogens with zero attached hydrogens (tertiary/aromatic N) is 2. The maximum atomic E-state index is 12.7. The van der Waals surface area contributed by atoms with E-state index in [4.69, 9.17) is 4.74 Å². The van der Waals surface area contributed by atoms with Crippen LogP contribution in [0.15, 0.2) is 46.9 Å². The largest absolute Gasteiger partial charge is 0.378 e. The lowest BCUT2D eigenvalue weighted by molar-refractivity contribution is -0.384. The van der Waals surface area contributed by atoms with Crippen molar-refractivity contribution in [2.45, 2.75) is 6.54 Å². The molecule has 136 valence electrons. The molecule has 0 spiro atoms. The van der Waals surface area contributed by atoms with Gasteiger partial charge in [-0.05, 0) is 23.8 Å². The van der Waals surface area contributed by atoms with Crippen LogP contribution in [-0.2, 0) is 11.3 Å². The molecule has 0 atom stereocenters. The molecule has 1 aliphatic heterocycles. The van der Waals surface area contributed by atoms with Crippen LogP contribution in [-0.4, -0.2) is 37.1 Å². The standard InChI is InChI=1S/C18H18BrN3O4/c19-14-3-1-2-13(10-14)12-20-18(23)16-11-15(22(24)25)4-5-17(16)21-6-8-26-9-7-21/h1-5,10-11H,6-9,12H2,(H,20,23). The average Bonchev–Trinajstić information content (AvgIpc) is 2.66. The molecular formula is C18H18BrN3O4. The lowest BCUT2D eigenvalue weighted by Gasteiger charge is -2.30. The van der Waals surface area contributed by atoms with Gasteiger partial charge in [-0.25, -0.2) is 0 Å². The van der Waals surface area contributed by atoms with Gasteiger partial charge in [-0.1, -0.05) is 28.1 Å². The van der Waals surface area contributed by atoms with Crippen molar-refractivity contribution in [3.8, 4) is 0 Å². The van der Waals surface area contributed by atoms with Crippen molar-refractivity contribution < 1.29 is 14.5 Å². The summed E-state index contributed by atoms with van der Waals surface area (Å²) >= 11 is 3.40. The number of hydrogen-bond acceptors (Lipinski definition) is 5. The van der Waals surface area contributed by atoms with E-state index in [9.17, 15) is 14.9 Å². The maximum absolute atomic E-state index is 12.7. The number of anilines is 1. The highest BCUT2D eigenvalue weighted by molar-refractivity contribution is 9.10. The van der Waals surface area contributed by atoms with Gasteiger partial charge in [0.25, 0.3) is 11.6 Å². The zero-order chi connectivity index (χ0) is 18.5. The first-order valence-electron chi connectivity index (χ1n) is 8.18. The Hall–Kier alpha value is -2.45. The number of nitro benzene ring substituents is 1. The summed E-state index contributed by atoms with van der Waals surface area (Å²) in [5, 5.41) is 14.0. The minimum atomic E-state index is -0.492. The summed E-state index contributed by atoms with van der Waals surface area (Å²) in [5.74, 6) is -0.338. The van der Waals surface area contributed by atoms with E-state index in [-0.39, 0.29) is 11.6 Å². The van der Waals surface area contributed by atoms with Crippen LogP contribution in [0.3, 0.4) is 0 Å². The molecule has 2 aromatic carbocycles. The van der Waals surface area contributed by atoms with Crippen molar-refractivity contribution in [2.75, 3.05) is 31.2 Å². The third-order valence-electron chi connectivity index (χ3n) is 4.13. The van der Waals surface area contributed by atoms with Gasteiger partial charge in [0.1, 0.15) is 0 Å². The topological polar surface area (TPSA) is 84.7 Å². The first-order valence-corrected chi connectivity index (χ1v) is 8.97. The molecule has 1 saturated heterocycles. The number of carbonyl (C=O) groups is 1. The van der Waals surface area contributed by atoms with Crippen molar-refractivity contribution >= 4 is 33.2 Å². The summed E-state index contributed by atoms with van der Waals surface area (Å²) in [6, 6.07) is 12.0. The second-order valence-electron chi connectivity index (χ2n) is 5.87. The zero-order valence-corrected chi connectivity index (χ0v) is 15.6. The van der Waals surface area contributed by atoms with Gasteiger partial charge in [-0.3, -0.25) is 14.9 Å². The number of benzene rings is 2. The SMILES string of the molecule is O=C(NCc1cccc(Br)c1)c1cc([N+](=O)[O-])ccc1N1CCOCC1. The van der Waals surface area contributed by atoms with E-state index in [0.29, 0.717) is 44.1 Å². The van der Waals surface area contributed by atoms with Crippen LogP contribution >= 0.6 is 15.9 Å². The molecule has 1 N–H and O–H groups in total. The lowest BCUT2D eigenvalue weighted by Crippen LogP contribution is -2.38. The molecule has 26 heavy (non-hydrogen) atoms. The third-order valence-corrected chi connectivity index (χ3v) is 4.62. The Kier molecular flexibility index (Phi) is 5.85. The summed E-state index contributed by atoms with van der Waals surface area (Å²) in [4.78, 5) is 25.4. The number of ether oxygens (including phenoxy) is 1. The van der Waals surface area contributed by atoms with Crippen LogP contribution in [0.5, 0.6) is 0 Å². The molecule has 0 aromatic heterocycles. The zero-order valence-electron chi connectivity index (χ0n) is 14.0. The van der Waals surface area contributed by atoms with E-state index in [1.165, 1.54) is 12.1 Å². The van der Waals surface area contributed by atoms with E-state index in [0.717, 1.165) is 10.0 Å². The predicted molar refractivity (Wildman–Crippen MR) is 101 cm³/mol. The fraction of sp³-hybridized carbons (Fsp3) is 0.278. The van der Waals surface area contributed by atoms with Crippen molar-refractivity contribution in [1.29, 1.82) is 0 Å². The highest BCUT2D eigenvalue weighted by Crippen LogP contribution is 2.26. The molecule has 1 aliphatic rings. The minimum Gasteiger partial charge on any atom is -0.378 e. The molecule has 3 rings (SSSR count). The molecule has 7 nitrogen and oxygen atoms in total. The van der Waals surface area contributed by atoms with Crippen LogP contribution in [0.2, 0.25) is 0 Å². The van der Waals surface area contributed by atoms with E-state index >= 15 is 0 Å². The van der Waals surface area contributed by atoms with Gasteiger partial charge in [0.2, 0.25) is 0 Å². The Balaban J connectivity index is 1.83. The number of nitrogens with one attached hydrogen (secondary N) is 1. The molecule has 1 heterocycles. The normalized spacial score (nSPS) is 14.1. The van der Waals surface area contributed by atoms with E-state index in [1.807, 2.05) is 29.2 Å². The molecule has 0 aliphatic carbocycles. The Morgan fingerprint density at radius 2 is 2.00 bits per heavy atom.